The van der Waals surface area contributed by atoms with Gasteiger partial charge in [-0.05, 0) is 30.7 Å². The van der Waals surface area contributed by atoms with E-state index in [9.17, 15) is 9.90 Å². The van der Waals surface area contributed by atoms with Gasteiger partial charge in [0.05, 0.1) is 0 Å². The van der Waals surface area contributed by atoms with E-state index >= 15 is 0 Å². The number of nitrogens with one attached hydrogen (secondary N) is 2. The summed E-state index contributed by atoms with van der Waals surface area (Å²) in [7, 11) is 1.61. The van der Waals surface area contributed by atoms with Gasteiger partial charge in [0.1, 0.15) is 5.75 Å². The van der Waals surface area contributed by atoms with Crippen molar-refractivity contribution in [3.05, 3.63) is 59.2 Å². The molecule has 20 heavy (non-hydrogen) atoms. The van der Waals surface area contributed by atoms with E-state index in [2.05, 4.69) is 10.6 Å². The highest BCUT2D eigenvalue weighted by molar-refractivity contribution is 5.96. The molecule has 0 aliphatic heterocycles. The van der Waals surface area contributed by atoms with E-state index in [0.29, 0.717) is 12.1 Å². The average molecular weight is 270 g/mol. The van der Waals surface area contributed by atoms with E-state index in [0.717, 1.165) is 16.8 Å². The first-order valence-electron chi connectivity index (χ1n) is 6.46. The lowest BCUT2D eigenvalue weighted by Crippen LogP contribution is -2.19. The molecule has 3 N–H and O–H groups in total. The topological polar surface area (TPSA) is 61.4 Å². The van der Waals surface area contributed by atoms with Gasteiger partial charge in [-0.1, -0.05) is 24.3 Å². The molecule has 2 aromatic carbocycles. The Balaban J connectivity index is 2.18. The second kappa shape index (κ2) is 6.10. The zero-order valence-electron chi connectivity index (χ0n) is 11.6. The van der Waals surface area contributed by atoms with Crippen molar-refractivity contribution in [2.45, 2.75) is 13.5 Å². The molecule has 2 rings (SSSR count). The maximum absolute atomic E-state index is 11.7. The number of anilines is 1. The van der Waals surface area contributed by atoms with Gasteiger partial charge in [0.2, 0.25) is 0 Å². The lowest BCUT2D eigenvalue weighted by atomic mass is 10.1. The molecule has 0 saturated carbocycles. The molecule has 0 aromatic heterocycles. The lowest BCUT2D eigenvalue weighted by molar-refractivity contribution is 0.0962. The Labute approximate surface area is 118 Å². The summed E-state index contributed by atoms with van der Waals surface area (Å²) in [5.74, 6) is 0.161. The SMILES string of the molecule is CNC(=O)c1cccc(NCc2ccccc2O)c1C. The van der Waals surface area contributed by atoms with Gasteiger partial charge in [-0.15, -0.1) is 0 Å². The van der Waals surface area contributed by atoms with Crippen molar-refractivity contribution in [3.8, 4) is 5.75 Å². The quantitative estimate of drug-likeness (QED) is 0.800. The maximum atomic E-state index is 11.7. The van der Waals surface area contributed by atoms with Crippen LogP contribution in [0.2, 0.25) is 0 Å². The first-order chi connectivity index (χ1) is 9.63. The van der Waals surface area contributed by atoms with Crippen LogP contribution in [0.1, 0.15) is 21.5 Å². The van der Waals surface area contributed by atoms with Crippen LogP contribution in [0.5, 0.6) is 5.75 Å². The molecule has 0 aliphatic rings. The highest BCUT2D eigenvalue weighted by Gasteiger charge is 2.10. The van der Waals surface area contributed by atoms with Gasteiger partial charge in [0, 0.05) is 30.4 Å². The summed E-state index contributed by atoms with van der Waals surface area (Å²) in [5.41, 5.74) is 3.24. The summed E-state index contributed by atoms with van der Waals surface area (Å²) in [4.78, 5) is 11.7. The highest BCUT2D eigenvalue weighted by atomic mass is 16.3. The Morgan fingerprint density at radius 2 is 1.90 bits per heavy atom. The van der Waals surface area contributed by atoms with Crippen molar-refractivity contribution in [1.29, 1.82) is 0 Å². The number of rotatable bonds is 4. The summed E-state index contributed by atoms with van der Waals surface area (Å²) in [6, 6.07) is 12.7. The van der Waals surface area contributed by atoms with Gasteiger partial charge in [0.25, 0.3) is 5.91 Å². The zero-order chi connectivity index (χ0) is 14.5. The van der Waals surface area contributed by atoms with Crippen LogP contribution in [0.25, 0.3) is 0 Å². The second-order valence-electron chi connectivity index (χ2n) is 4.54. The van der Waals surface area contributed by atoms with Crippen molar-refractivity contribution < 1.29 is 9.90 Å². The molecule has 0 heterocycles. The minimum atomic E-state index is -0.103. The maximum Gasteiger partial charge on any atom is 0.251 e. The summed E-state index contributed by atoms with van der Waals surface area (Å²) in [6.45, 7) is 2.41. The molecule has 2 aromatic rings. The van der Waals surface area contributed by atoms with Crippen LogP contribution in [0, 0.1) is 6.92 Å². The van der Waals surface area contributed by atoms with Gasteiger partial charge < -0.3 is 15.7 Å². The Kier molecular flexibility index (Phi) is 4.25. The van der Waals surface area contributed by atoms with E-state index in [4.69, 9.17) is 0 Å². The van der Waals surface area contributed by atoms with E-state index in [1.807, 2.05) is 31.2 Å². The molecule has 104 valence electrons. The molecule has 0 bridgehead atoms. The van der Waals surface area contributed by atoms with E-state index in [1.165, 1.54) is 0 Å². The minimum Gasteiger partial charge on any atom is -0.508 e. The Hall–Kier alpha value is -2.49. The molecule has 0 radical (unpaired) electrons. The van der Waals surface area contributed by atoms with E-state index < -0.39 is 0 Å². The van der Waals surface area contributed by atoms with Crippen LogP contribution in [-0.4, -0.2) is 18.1 Å². The molecule has 4 nitrogen and oxygen atoms in total. The second-order valence-corrected chi connectivity index (χ2v) is 4.54. The molecular weight excluding hydrogens is 252 g/mol. The summed E-state index contributed by atoms with van der Waals surface area (Å²) in [6.07, 6.45) is 0. The summed E-state index contributed by atoms with van der Waals surface area (Å²) < 4.78 is 0. The van der Waals surface area contributed by atoms with Crippen LogP contribution in [-0.2, 0) is 6.54 Å². The van der Waals surface area contributed by atoms with Crippen LogP contribution >= 0.6 is 0 Å². The molecule has 0 unspecified atom stereocenters. The number of phenolic OH excluding ortho intramolecular Hbond substituents is 1. The molecular formula is C16H18N2O2. The number of hydrogen-bond donors (Lipinski definition) is 3. The molecule has 4 heteroatoms. The van der Waals surface area contributed by atoms with Gasteiger partial charge in [0.15, 0.2) is 0 Å². The number of benzene rings is 2. The number of phenols is 1. The molecule has 1 amide bonds. The number of aromatic hydroxyl groups is 1. The fraction of sp³-hybridized carbons (Fsp3) is 0.188. The highest BCUT2D eigenvalue weighted by Crippen LogP contribution is 2.22. The Morgan fingerprint density at radius 1 is 1.15 bits per heavy atom. The normalized spacial score (nSPS) is 10.1. The monoisotopic (exact) mass is 270 g/mol. The van der Waals surface area contributed by atoms with Crippen LogP contribution in [0.3, 0.4) is 0 Å². The van der Waals surface area contributed by atoms with Gasteiger partial charge in [-0.2, -0.15) is 0 Å². The number of amides is 1. The number of para-hydroxylation sites is 1. The molecule has 0 saturated heterocycles. The minimum absolute atomic E-state index is 0.103. The average Bonchev–Trinajstić information content (AvgIpc) is 2.47. The summed E-state index contributed by atoms with van der Waals surface area (Å²) >= 11 is 0. The van der Waals surface area contributed by atoms with Gasteiger partial charge >= 0.3 is 0 Å². The Bertz CT molecular complexity index is 624. The molecule has 0 aliphatic carbocycles. The van der Waals surface area contributed by atoms with Crippen molar-refractivity contribution in [1.82, 2.24) is 5.32 Å². The smallest absolute Gasteiger partial charge is 0.251 e. The largest absolute Gasteiger partial charge is 0.508 e. The summed E-state index contributed by atoms with van der Waals surface area (Å²) in [5, 5.41) is 15.6. The molecule has 0 atom stereocenters. The number of carbonyl (C=O) groups excluding carboxylic acids is 1. The predicted octanol–water partition coefficient (Wildman–Crippen LogP) is 2.67. The van der Waals surface area contributed by atoms with Crippen molar-refractivity contribution in [3.63, 3.8) is 0 Å². The van der Waals surface area contributed by atoms with E-state index in [-0.39, 0.29) is 11.7 Å². The van der Waals surface area contributed by atoms with Crippen LogP contribution in [0.15, 0.2) is 42.5 Å². The van der Waals surface area contributed by atoms with Crippen LogP contribution in [0.4, 0.5) is 5.69 Å². The van der Waals surface area contributed by atoms with Crippen molar-refractivity contribution in [2.24, 2.45) is 0 Å². The molecule has 0 spiro atoms. The van der Waals surface area contributed by atoms with Crippen LogP contribution < -0.4 is 10.6 Å². The standard InChI is InChI=1S/C16H18N2O2/c1-11-13(16(20)17-2)7-5-8-14(11)18-10-12-6-3-4-9-15(12)19/h3-9,18-19H,10H2,1-2H3,(H,17,20). The third-order valence-corrected chi connectivity index (χ3v) is 3.27. The zero-order valence-corrected chi connectivity index (χ0v) is 11.6. The number of hydrogen-bond acceptors (Lipinski definition) is 3. The first-order valence-corrected chi connectivity index (χ1v) is 6.46. The lowest BCUT2D eigenvalue weighted by Gasteiger charge is -2.13. The molecule has 0 fully saturated rings. The third-order valence-electron chi connectivity index (χ3n) is 3.27. The van der Waals surface area contributed by atoms with E-state index in [1.54, 1.807) is 25.2 Å². The van der Waals surface area contributed by atoms with Crippen molar-refractivity contribution in [2.75, 3.05) is 12.4 Å². The third kappa shape index (κ3) is 2.91. The first kappa shape index (κ1) is 13.9. The van der Waals surface area contributed by atoms with Gasteiger partial charge in [-0.3, -0.25) is 4.79 Å². The van der Waals surface area contributed by atoms with Crippen molar-refractivity contribution >= 4 is 11.6 Å². The fourth-order valence-electron chi connectivity index (χ4n) is 2.06. The Morgan fingerprint density at radius 3 is 2.60 bits per heavy atom. The van der Waals surface area contributed by atoms with Gasteiger partial charge in [-0.25, -0.2) is 0 Å². The number of carbonyl (C=O) groups is 1. The predicted molar refractivity (Wildman–Crippen MR) is 80.0 cm³/mol. The fourth-order valence-corrected chi connectivity index (χ4v) is 2.06.